The molecule has 0 aliphatic rings. The van der Waals surface area contributed by atoms with E-state index in [1.807, 2.05) is 0 Å². The lowest BCUT2D eigenvalue weighted by Gasteiger charge is -2.12. The fourth-order valence-electron chi connectivity index (χ4n) is 5.16. The van der Waals surface area contributed by atoms with E-state index in [0.29, 0.717) is 0 Å². The van der Waals surface area contributed by atoms with Gasteiger partial charge in [0, 0.05) is 27.4 Å². The Balaban J connectivity index is 1.51. The summed E-state index contributed by atoms with van der Waals surface area (Å²) in [6.45, 7) is 0. The summed E-state index contributed by atoms with van der Waals surface area (Å²) in [6, 6.07) is 47.2. The highest BCUT2D eigenvalue weighted by Gasteiger charge is 2.15. The van der Waals surface area contributed by atoms with Gasteiger partial charge in [0.2, 0.25) is 0 Å². The Morgan fingerprint density at radius 1 is 0.457 bits per heavy atom. The van der Waals surface area contributed by atoms with Gasteiger partial charge in [-0.15, -0.1) is 0 Å². The summed E-state index contributed by atoms with van der Waals surface area (Å²) in [4.78, 5) is 5.09. The molecule has 0 aliphatic carbocycles. The SMILES string of the molecule is c1ccc(-c2cc(-c3ccc4c5ccccc5n(-c5ccccc5)c4c3)nc3ccccc23)cc1. The molecule has 7 aromatic rings. The van der Waals surface area contributed by atoms with Crippen molar-refractivity contribution in [2.24, 2.45) is 0 Å². The minimum atomic E-state index is 0.981. The van der Waals surface area contributed by atoms with Crippen LogP contribution in [0.15, 0.2) is 133 Å². The largest absolute Gasteiger partial charge is 0.309 e. The van der Waals surface area contributed by atoms with Crippen LogP contribution in [-0.2, 0) is 0 Å². The highest BCUT2D eigenvalue weighted by molar-refractivity contribution is 6.10. The molecule has 35 heavy (non-hydrogen) atoms. The Morgan fingerprint density at radius 2 is 1.11 bits per heavy atom. The van der Waals surface area contributed by atoms with Crippen molar-refractivity contribution < 1.29 is 0 Å². The third-order valence-electron chi connectivity index (χ3n) is 6.78. The maximum atomic E-state index is 5.09. The first-order valence-corrected chi connectivity index (χ1v) is 11.9. The maximum Gasteiger partial charge on any atom is 0.0716 e. The van der Waals surface area contributed by atoms with E-state index in [0.717, 1.165) is 22.5 Å². The molecule has 0 radical (unpaired) electrons. The molecule has 5 aromatic carbocycles. The number of fused-ring (bicyclic) bond motifs is 4. The summed E-state index contributed by atoms with van der Waals surface area (Å²) in [5.41, 5.74) is 9.06. The lowest BCUT2D eigenvalue weighted by atomic mass is 9.98. The van der Waals surface area contributed by atoms with Gasteiger partial charge in [0.05, 0.1) is 22.2 Å². The molecule has 2 nitrogen and oxygen atoms in total. The Hall–Kier alpha value is -4.69. The first-order valence-electron chi connectivity index (χ1n) is 11.9. The van der Waals surface area contributed by atoms with E-state index < -0.39 is 0 Å². The molecule has 0 bridgehead atoms. The second kappa shape index (κ2) is 7.96. The smallest absolute Gasteiger partial charge is 0.0716 e. The van der Waals surface area contributed by atoms with Gasteiger partial charge in [0.1, 0.15) is 0 Å². The van der Waals surface area contributed by atoms with Crippen molar-refractivity contribution in [1.29, 1.82) is 0 Å². The summed E-state index contributed by atoms with van der Waals surface area (Å²) in [7, 11) is 0. The third kappa shape index (κ3) is 3.23. The maximum absolute atomic E-state index is 5.09. The van der Waals surface area contributed by atoms with Gasteiger partial charge in [-0.3, -0.25) is 0 Å². The number of hydrogen-bond donors (Lipinski definition) is 0. The molecule has 2 heterocycles. The topological polar surface area (TPSA) is 17.8 Å². The van der Waals surface area contributed by atoms with E-state index in [-0.39, 0.29) is 0 Å². The first kappa shape index (κ1) is 19.7. The van der Waals surface area contributed by atoms with E-state index in [4.69, 9.17) is 4.98 Å². The normalized spacial score (nSPS) is 11.4. The van der Waals surface area contributed by atoms with Crippen LogP contribution in [0.2, 0.25) is 0 Å². The average molecular weight is 447 g/mol. The van der Waals surface area contributed by atoms with Gasteiger partial charge in [0.15, 0.2) is 0 Å². The molecule has 164 valence electrons. The van der Waals surface area contributed by atoms with Crippen LogP contribution >= 0.6 is 0 Å². The lowest BCUT2D eigenvalue weighted by molar-refractivity contribution is 1.18. The van der Waals surface area contributed by atoms with Crippen molar-refractivity contribution in [3.05, 3.63) is 133 Å². The predicted molar refractivity (Wildman–Crippen MR) is 147 cm³/mol. The molecule has 2 heteroatoms. The molecular weight excluding hydrogens is 424 g/mol. The molecule has 0 aliphatic heterocycles. The van der Waals surface area contributed by atoms with Gasteiger partial charge in [-0.25, -0.2) is 4.98 Å². The van der Waals surface area contributed by atoms with Crippen LogP contribution in [0, 0.1) is 0 Å². The van der Waals surface area contributed by atoms with Crippen LogP contribution in [0.3, 0.4) is 0 Å². The van der Waals surface area contributed by atoms with Crippen LogP contribution in [0.5, 0.6) is 0 Å². The van der Waals surface area contributed by atoms with Crippen molar-refractivity contribution in [1.82, 2.24) is 9.55 Å². The average Bonchev–Trinajstić information content (AvgIpc) is 3.27. The fraction of sp³-hybridized carbons (Fsp3) is 0. The molecule has 0 spiro atoms. The van der Waals surface area contributed by atoms with Crippen molar-refractivity contribution >= 4 is 32.7 Å². The zero-order valence-corrected chi connectivity index (χ0v) is 19.1. The molecular formula is C33H22N2. The number of rotatable bonds is 3. The lowest BCUT2D eigenvalue weighted by Crippen LogP contribution is -1.94. The third-order valence-corrected chi connectivity index (χ3v) is 6.78. The number of pyridine rings is 1. The molecule has 0 atom stereocenters. The van der Waals surface area contributed by atoms with Crippen molar-refractivity contribution in [3.63, 3.8) is 0 Å². The summed E-state index contributed by atoms with van der Waals surface area (Å²) < 4.78 is 2.35. The summed E-state index contributed by atoms with van der Waals surface area (Å²) >= 11 is 0. The van der Waals surface area contributed by atoms with Gasteiger partial charge >= 0.3 is 0 Å². The van der Waals surface area contributed by atoms with Gasteiger partial charge in [0.25, 0.3) is 0 Å². The van der Waals surface area contributed by atoms with Gasteiger partial charge in [-0.2, -0.15) is 0 Å². The number of aromatic nitrogens is 2. The van der Waals surface area contributed by atoms with Gasteiger partial charge in [-0.05, 0) is 47.5 Å². The Bertz CT molecular complexity index is 1830. The van der Waals surface area contributed by atoms with E-state index in [1.165, 1.54) is 38.3 Å². The minimum Gasteiger partial charge on any atom is -0.309 e. The molecule has 2 aromatic heterocycles. The molecule has 7 rings (SSSR count). The van der Waals surface area contributed by atoms with E-state index >= 15 is 0 Å². The Labute approximate surface area is 203 Å². The van der Waals surface area contributed by atoms with E-state index in [2.05, 4.69) is 138 Å². The van der Waals surface area contributed by atoms with Crippen LogP contribution < -0.4 is 0 Å². The van der Waals surface area contributed by atoms with Gasteiger partial charge in [-0.1, -0.05) is 97.1 Å². The van der Waals surface area contributed by atoms with E-state index in [1.54, 1.807) is 0 Å². The number of nitrogens with zero attached hydrogens (tertiary/aromatic N) is 2. The second-order valence-corrected chi connectivity index (χ2v) is 8.86. The first-order chi connectivity index (χ1) is 17.4. The fourth-order valence-corrected chi connectivity index (χ4v) is 5.16. The van der Waals surface area contributed by atoms with Crippen molar-refractivity contribution in [3.8, 4) is 28.1 Å². The van der Waals surface area contributed by atoms with Crippen LogP contribution in [0.25, 0.3) is 60.8 Å². The molecule has 0 amide bonds. The number of benzene rings is 5. The monoisotopic (exact) mass is 446 g/mol. The zero-order chi connectivity index (χ0) is 23.2. The van der Waals surface area contributed by atoms with Crippen molar-refractivity contribution in [2.75, 3.05) is 0 Å². The minimum absolute atomic E-state index is 0.981. The Kier molecular flexibility index (Phi) is 4.49. The zero-order valence-electron chi connectivity index (χ0n) is 19.1. The Morgan fingerprint density at radius 3 is 1.94 bits per heavy atom. The summed E-state index contributed by atoms with van der Waals surface area (Å²) in [5.74, 6) is 0. The highest BCUT2D eigenvalue weighted by atomic mass is 15.0. The van der Waals surface area contributed by atoms with Crippen LogP contribution in [0.1, 0.15) is 0 Å². The standard InChI is InChI=1S/C33H22N2/c1-3-11-23(12-4-1)29-22-31(34-30-17-9-7-15-26(29)30)24-19-20-28-27-16-8-10-18-32(27)35(33(28)21-24)25-13-5-2-6-14-25/h1-22H. The molecule has 0 saturated heterocycles. The van der Waals surface area contributed by atoms with Crippen molar-refractivity contribution in [2.45, 2.75) is 0 Å². The number of hydrogen-bond acceptors (Lipinski definition) is 1. The summed E-state index contributed by atoms with van der Waals surface area (Å²) in [5, 5.41) is 3.67. The quantitative estimate of drug-likeness (QED) is 0.265. The predicted octanol–water partition coefficient (Wildman–Crippen LogP) is 8.67. The summed E-state index contributed by atoms with van der Waals surface area (Å²) in [6.07, 6.45) is 0. The number of para-hydroxylation sites is 3. The molecule has 0 saturated carbocycles. The van der Waals surface area contributed by atoms with Crippen LogP contribution in [-0.4, -0.2) is 9.55 Å². The van der Waals surface area contributed by atoms with Crippen LogP contribution in [0.4, 0.5) is 0 Å². The van der Waals surface area contributed by atoms with Gasteiger partial charge < -0.3 is 4.57 Å². The molecule has 0 unspecified atom stereocenters. The highest BCUT2D eigenvalue weighted by Crippen LogP contribution is 2.36. The second-order valence-electron chi connectivity index (χ2n) is 8.86. The van der Waals surface area contributed by atoms with E-state index in [9.17, 15) is 0 Å². The molecule has 0 fully saturated rings. The molecule has 0 N–H and O–H groups in total.